The summed E-state index contributed by atoms with van der Waals surface area (Å²) in [6.07, 6.45) is 0.638. The standard InChI is InChI=1S/C7H10N2O3Se/c8-4(2-10)3-13-6-5(11)1-9-7(6)12/h2,4,6H,1,3,8H2,(H,9,12)/t4-,6?/m1/s1. The minimum absolute atomic E-state index is 0.0805. The molecule has 1 aliphatic rings. The zero-order valence-electron chi connectivity index (χ0n) is 6.86. The number of nitrogens with two attached hydrogens (primary N) is 1. The number of hydrogen-bond donors (Lipinski definition) is 2. The summed E-state index contributed by atoms with van der Waals surface area (Å²) in [4.78, 5) is 31.8. The van der Waals surface area contributed by atoms with Gasteiger partial charge in [-0.1, -0.05) is 0 Å². The van der Waals surface area contributed by atoms with Crippen LogP contribution in [0.5, 0.6) is 0 Å². The molecule has 0 aromatic rings. The first-order chi connectivity index (χ1) is 6.15. The van der Waals surface area contributed by atoms with E-state index < -0.39 is 10.9 Å². The van der Waals surface area contributed by atoms with E-state index in [-0.39, 0.29) is 33.2 Å². The van der Waals surface area contributed by atoms with E-state index in [0.717, 1.165) is 0 Å². The normalized spacial score (nSPS) is 24.2. The number of carbonyl (C=O) groups is 3. The summed E-state index contributed by atoms with van der Waals surface area (Å²) in [5, 5.41) is 2.90. The van der Waals surface area contributed by atoms with Crippen LogP contribution in [0.3, 0.4) is 0 Å². The molecule has 72 valence electrons. The van der Waals surface area contributed by atoms with E-state index in [9.17, 15) is 14.4 Å². The topological polar surface area (TPSA) is 89.3 Å². The zero-order valence-corrected chi connectivity index (χ0v) is 8.57. The van der Waals surface area contributed by atoms with Crippen molar-refractivity contribution in [3.8, 4) is 0 Å². The molecule has 0 radical (unpaired) electrons. The summed E-state index contributed by atoms with van der Waals surface area (Å²) in [6, 6.07) is -0.541. The van der Waals surface area contributed by atoms with E-state index in [4.69, 9.17) is 5.73 Å². The number of rotatable bonds is 4. The first-order valence-corrected chi connectivity index (χ1v) is 5.98. The van der Waals surface area contributed by atoms with E-state index in [1.807, 2.05) is 0 Å². The summed E-state index contributed by atoms with van der Waals surface area (Å²) in [5.74, 6) is -0.300. The molecular formula is C7H10N2O3Se. The summed E-state index contributed by atoms with van der Waals surface area (Å²) in [5.41, 5.74) is 5.35. The Kier molecular flexibility index (Phi) is 3.59. The van der Waals surface area contributed by atoms with Crippen LogP contribution < -0.4 is 11.1 Å². The SMILES string of the molecule is N[C@H](C=O)C[Se]C1C(=O)CNC1=O. The monoisotopic (exact) mass is 250 g/mol. The average molecular weight is 249 g/mol. The molecule has 1 saturated heterocycles. The molecule has 0 aliphatic carbocycles. The van der Waals surface area contributed by atoms with Gasteiger partial charge in [0.25, 0.3) is 0 Å². The summed E-state index contributed by atoms with van der Waals surface area (Å²) >= 11 is -0.196. The Morgan fingerprint density at radius 1 is 1.69 bits per heavy atom. The second-order valence-corrected chi connectivity index (χ2v) is 5.09. The Bertz CT molecular complexity index is 228. The first-order valence-electron chi connectivity index (χ1n) is 3.78. The van der Waals surface area contributed by atoms with Crippen LogP contribution in [0.15, 0.2) is 0 Å². The molecule has 1 rings (SSSR count). The average Bonchev–Trinajstić information content (AvgIpc) is 2.43. The summed E-state index contributed by atoms with van der Waals surface area (Å²) < 4.78 is 0. The Labute approximate surface area is 81.6 Å². The van der Waals surface area contributed by atoms with Crippen LogP contribution in [0.4, 0.5) is 0 Å². The van der Waals surface area contributed by atoms with Gasteiger partial charge in [-0.3, -0.25) is 0 Å². The van der Waals surface area contributed by atoms with Crippen molar-refractivity contribution in [2.24, 2.45) is 5.73 Å². The van der Waals surface area contributed by atoms with Gasteiger partial charge in [0, 0.05) is 0 Å². The molecular weight excluding hydrogens is 239 g/mol. The third-order valence-electron chi connectivity index (χ3n) is 1.60. The van der Waals surface area contributed by atoms with Gasteiger partial charge in [0.2, 0.25) is 0 Å². The number of nitrogens with one attached hydrogen (secondary N) is 1. The molecule has 1 fully saturated rings. The molecule has 0 spiro atoms. The zero-order chi connectivity index (χ0) is 9.84. The van der Waals surface area contributed by atoms with Gasteiger partial charge >= 0.3 is 81.1 Å². The number of amides is 1. The van der Waals surface area contributed by atoms with E-state index >= 15 is 0 Å². The molecule has 1 heterocycles. The molecule has 0 saturated carbocycles. The second-order valence-electron chi connectivity index (χ2n) is 2.70. The van der Waals surface area contributed by atoms with Crippen molar-refractivity contribution in [3.63, 3.8) is 0 Å². The van der Waals surface area contributed by atoms with Crippen LogP contribution in [-0.4, -0.2) is 45.5 Å². The number of aldehydes is 1. The van der Waals surface area contributed by atoms with Crippen molar-refractivity contribution < 1.29 is 14.4 Å². The maximum absolute atomic E-state index is 11.1. The van der Waals surface area contributed by atoms with Crippen molar-refractivity contribution in [2.75, 3.05) is 6.54 Å². The Morgan fingerprint density at radius 3 is 2.85 bits per heavy atom. The molecule has 1 unspecified atom stereocenters. The molecule has 5 nitrogen and oxygen atoms in total. The maximum atomic E-state index is 11.1. The quantitative estimate of drug-likeness (QED) is 0.347. The van der Waals surface area contributed by atoms with Crippen LogP contribution >= 0.6 is 0 Å². The van der Waals surface area contributed by atoms with Gasteiger partial charge in [-0.05, 0) is 0 Å². The summed E-state index contributed by atoms with van der Waals surface area (Å²) in [7, 11) is 0. The van der Waals surface area contributed by atoms with Crippen LogP contribution in [-0.2, 0) is 14.4 Å². The third kappa shape index (κ3) is 2.62. The Balaban J connectivity index is 2.39. The number of Topliss-reactive ketones (excluding diaryl/α,β-unsaturated/α-hetero) is 1. The van der Waals surface area contributed by atoms with E-state index in [1.54, 1.807) is 0 Å². The molecule has 0 aromatic carbocycles. The fourth-order valence-electron chi connectivity index (χ4n) is 0.921. The minimum atomic E-state index is -0.541. The molecule has 0 aromatic heterocycles. The van der Waals surface area contributed by atoms with Gasteiger partial charge in [0.15, 0.2) is 0 Å². The summed E-state index contributed by atoms with van der Waals surface area (Å²) in [6.45, 7) is 0.127. The fourth-order valence-corrected chi connectivity index (χ4v) is 3.01. The van der Waals surface area contributed by atoms with Crippen LogP contribution in [0.25, 0.3) is 0 Å². The van der Waals surface area contributed by atoms with Gasteiger partial charge in [0.05, 0.1) is 0 Å². The van der Waals surface area contributed by atoms with Gasteiger partial charge in [0.1, 0.15) is 0 Å². The molecule has 3 N–H and O–H groups in total. The third-order valence-corrected chi connectivity index (χ3v) is 4.51. The molecule has 2 atom stereocenters. The van der Waals surface area contributed by atoms with Gasteiger partial charge in [-0.2, -0.15) is 0 Å². The van der Waals surface area contributed by atoms with Gasteiger partial charge in [-0.15, -0.1) is 0 Å². The van der Waals surface area contributed by atoms with Crippen molar-refractivity contribution in [1.29, 1.82) is 0 Å². The van der Waals surface area contributed by atoms with Gasteiger partial charge < -0.3 is 0 Å². The molecule has 1 amide bonds. The van der Waals surface area contributed by atoms with E-state index in [0.29, 0.717) is 11.6 Å². The Hall–Kier alpha value is -0.711. The van der Waals surface area contributed by atoms with Gasteiger partial charge in [-0.25, -0.2) is 0 Å². The van der Waals surface area contributed by atoms with Crippen LogP contribution in [0.2, 0.25) is 10.1 Å². The molecule has 1 aliphatic heterocycles. The van der Waals surface area contributed by atoms with Crippen molar-refractivity contribution in [2.45, 2.75) is 16.2 Å². The fraction of sp³-hybridized carbons (Fsp3) is 0.571. The number of hydrogen-bond acceptors (Lipinski definition) is 4. The first kappa shape index (κ1) is 10.4. The Morgan fingerprint density at radius 2 is 2.38 bits per heavy atom. The van der Waals surface area contributed by atoms with E-state index in [2.05, 4.69) is 5.32 Å². The van der Waals surface area contributed by atoms with Crippen molar-refractivity contribution >= 4 is 32.9 Å². The van der Waals surface area contributed by atoms with Crippen molar-refractivity contribution in [1.82, 2.24) is 5.32 Å². The predicted molar refractivity (Wildman–Crippen MR) is 46.4 cm³/mol. The molecule has 6 heteroatoms. The molecule has 0 bridgehead atoms. The number of ketones is 1. The molecule has 13 heavy (non-hydrogen) atoms. The number of carbonyl (C=O) groups excluding carboxylic acids is 3. The van der Waals surface area contributed by atoms with Crippen molar-refractivity contribution in [3.05, 3.63) is 0 Å². The van der Waals surface area contributed by atoms with Crippen LogP contribution in [0.1, 0.15) is 0 Å². The second kappa shape index (κ2) is 4.50. The van der Waals surface area contributed by atoms with E-state index in [1.165, 1.54) is 0 Å². The predicted octanol–water partition coefficient (Wildman–Crippen LogP) is -1.88. The van der Waals surface area contributed by atoms with Crippen LogP contribution in [0, 0.1) is 0 Å².